The molecule has 0 saturated carbocycles. The molecule has 0 N–H and O–H groups in total. The summed E-state index contributed by atoms with van der Waals surface area (Å²) < 4.78 is 5.15. The molecule has 2 saturated heterocycles. The first-order chi connectivity index (χ1) is 15.9. The zero-order valence-corrected chi connectivity index (χ0v) is 17.4. The van der Waals surface area contributed by atoms with Crippen LogP contribution in [0.2, 0.25) is 0 Å². The van der Waals surface area contributed by atoms with Gasteiger partial charge in [0.2, 0.25) is 11.8 Å². The maximum absolute atomic E-state index is 13.5. The van der Waals surface area contributed by atoms with Crippen LogP contribution in [0.3, 0.4) is 0 Å². The Labute approximate surface area is 187 Å². The molecule has 33 heavy (non-hydrogen) atoms. The van der Waals surface area contributed by atoms with Crippen molar-refractivity contribution in [2.75, 3.05) is 12.0 Å². The zero-order valence-electron chi connectivity index (χ0n) is 17.4. The van der Waals surface area contributed by atoms with Gasteiger partial charge in [-0.3, -0.25) is 29.5 Å². The fourth-order valence-corrected chi connectivity index (χ4v) is 4.74. The fourth-order valence-electron chi connectivity index (χ4n) is 4.74. The molecule has 5 rings (SSSR count). The predicted molar refractivity (Wildman–Crippen MR) is 117 cm³/mol. The molecule has 3 aliphatic rings. The average Bonchev–Trinajstić information content (AvgIpc) is 3.31. The second kappa shape index (κ2) is 7.66. The van der Waals surface area contributed by atoms with Gasteiger partial charge in [0, 0.05) is 23.9 Å². The largest absolute Gasteiger partial charge is 0.497 e. The van der Waals surface area contributed by atoms with E-state index in [2.05, 4.69) is 5.10 Å². The number of non-ortho nitro benzene ring substituents is 1. The molecule has 4 atom stereocenters. The number of nitro benzene ring substituents is 1. The molecule has 3 heterocycles. The molecule has 0 spiro atoms. The molecule has 2 amide bonds. The number of hydrazone groups is 1. The number of nitrogens with zero attached hydrogens (tertiary/aromatic N) is 4. The Balaban J connectivity index is 1.53. The number of ketones is 1. The van der Waals surface area contributed by atoms with Gasteiger partial charge < -0.3 is 4.74 Å². The highest BCUT2D eigenvalue weighted by molar-refractivity contribution is 6.24. The lowest BCUT2D eigenvalue weighted by Gasteiger charge is -2.30. The van der Waals surface area contributed by atoms with Crippen LogP contribution >= 0.6 is 0 Å². The van der Waals surface area contributed by atoms with Crippen LogP contribution in [0.1, 0.15) is 10.4 Å². The maximum atomic E-state index is 13.5. The van der Waals surface area contributed by atoms with E-state index in [-0.39, 0.29) is 17.2 Å². The highest BCUT2D eigenvalue weighted by Crippen LogP contribution is 2.46. The van der Waals surface area contributed by atoms with E-state index in [0.29, 0.717) is 11.3 Å². The molecule has 0 unspecified atom stereocenters. The van der Waals surface area contributed by atoms with Crippen LogP contribution in [0.15, 0.2) is 65.8 Å². The van der Waals surface area contributed by atoms with Gasteiger partial charge in [0.1, 0.15) is 11.8 Å². The maximum Gasteiger partial charge on any atom is 0.269 e. The van der Waals surface area contributed by atoms with E-state index < -0.39 is 40.7 Å². The highest BCUT2D eigenvalue weighted by atomic mass is 16.6. The van der Waals surface area contributed by atoms with Gasteiger partial charge in [-0.15, -0.1) is 0 Å². The smallest absolute Gasteiger partial charge is 0.269 e. The Bertz CT molecular complexity index is 1220. The summed E-state index contributed by atoms with van der Waals surface area (Å²) in [7, 11) is 1.52. The van der Waals surface area contributed by atoms with Crippen LogP contribution in [-0.4, -0.2) is 52.9 Å². The van der Waals surface area contributed by atoms with Crippen LogP contribution in [0, 0.1) is 22.0 Å². The molecular formula is C23H18N4O6. The normalized spacial score (nSPS) is 25.2. The minimum Gasteiger partial charge on any atom is -0.497 e. The summed E-state index contributed by atoms with van der Waals surface area (Å²) in [6.45, 7) is 0. The average molecular weight is 446 g/mol. The van der Waals surface area contributed by atoms with Crippen molar-refractivity contribution in [2.45, 2.75) is 12.1 Å². The molecular weight excluding hydrogens is 428 g/mol. The van der Waals surface area contributed by atoms with Crippen molar-refractivity contribution < 1.29 is 24.0 Å². The van der Waals surface area contributed by atoms with E-state index in [1.807, 2.05) is 0 Å². The number of methoxy groups -OCH3 is 1. The second-order valence-electron chi connectivity index (χ2n) is 7.89. The molecule has 0 bridgehead atoms. The number of allylic oxidation sites excluding steroid dienone is 1. The first kappa shape index (κ1) is 20.6. The van der Waals surface area contributed by atoms with Crippen molar-refractivity contribution in [1.29, 1.82) is 0 Å². The molecule has 0 radical (unpaired) electrons. The monoisotopic (exact) mass is 446 g/mol. The lowest BCUT2D eigenvalue weighted by molar-refractivity contribution is -0.384. The van der Waals surface area contributed by atoms with E-state index in [9.17, 15) is 24.5 Å². The van der Waals surface area contributed by atoms with Gasteiger partial charge in [-0.1, -0.05) is 6.08 Å². The first-order valence-electron chi connectivity index (χ1n) is 10.2. The number of imide groups is 1. The molecule has 2 fully saturated rings. The summed E-state index contributed by atoms with van der Waals surface area (Å²) in [6, 6.07) is 10.2. The Hall–Kier alpha value is -4.34. The predicted octanol–water partition coefficient (Wildman–Crippen LogP) is 2.20. The van der Waals surface area contributed by atoms with E-state index >= 15 is 0 Å². The zero-order chi connectivity index (χ0) is 23.3. The quantitative estimate of drug-likeness (QED) is 0.299. The van der Waals surface area contributed by atoms with Gasteiger partial charge in [-0.2, -0.15) is 5.10 Å². The minimum absolute atomic E-state index is 0.152. The fraction of sp³-hybridized carbons (Fsp3) is 0.217. The van der Waals surface area contributed by atoms with Gasteiger partial charge in [0.15, 0.2) is 5.78 Å². The first-order valence-corrected chi connectivity index (χ1v) is 10.2. The summed E-state index contributed by atoms with van der Waals surface area (Å²) >= 11 is 0. The molecule has 3 aliphatic heterocycles. The van der Waals surface area contributed by atoms with Gasteiger partial charge in [-0.05, 0) is 42.5 Å². The minimum atomic E-state index is -0.964. The third-order valence-electron chi connectivity index (χ3n) is 6.25. The Morgan fingerprint density at radius 3 is 2.33 bits per heavy atom. The molecule has 2 aromatic carbocycles. The Morgan fingerprint density at radius 1 is 1.03 bits per heavy atom. The van der Waals surface area contributed by atoms with Crippen molar-refractivity contribution >= 4 is 35.2 Å². The summed E-state index contributed by atoms with van der Waals surface area (Å²) in [6.07, 6.45) is 4.97. The lowest BCUT2D eigenvalue weighted by Crippen LogP contribution is -2.46. The highest BCUT2D eigenvalue weighted by Gasteiger charge is 2.64. The third kappa shape index (κ3) is 3.10. The standard InChI is InChI=1S/C23H18N4O6/c1-33-16-10-4-13(5-11-16)21(28)20-19-18(17-3-2-12-24-26(17)20)22(29)25(23(19)30)14-6-8-15(9-7-14)27(31)32/h2-12,17-20H,1H3/t17-,18-,19+,20+/m1/s1. The number of benzene rings is 2. The number of nitro groups is 1. The van der Waals surface area contributed by atoms with Crippen molar-refractivity contribution in [3.63, 3.8) is 0 Å². The SMILES string of the molecule is COc1ccc(C(=O)[C@@H]2[C@H]3C(=O)N(c4ccc([N+](=O)[O-])cc4)C(=O)[C@@H]3[C@H]3C=CC=NN32)cc1. The van der Waals surface area contributed by atoms with E-state index in [4.69, 9.17) is 4.74 Å². The number of Topliss-reactive ketones (excluding diaryl/α,β-unsaturated/α-hetero) is 1. The summed E-state index contributed by atoms with van der Waals surface area (Å²) in [4.78, 5) is 51.8. The van der Waals surface area contributed by atoms with Gasteiger partial charge in [0.25, 0.3) is 5.69 Å². The van der Waals surface area contributed by atoms with Crippen molar-refractivity contribution in [1.82, 2.24) is 5.01 Å². The van der Waals surface area contributed by atoms with Crippen molar-refractivity contribution in [3.8, 4) is 5.75 Å². The molecule has 10 nitrogen and oxygen atoms in total. The number of carbonyl (C=O) groups excluding carboxylic acids is 3. The third-order valence-corrected chi connectivity index (χ3v) is 6.25. The number of ether oxygens (including phenoxy) is 1. The summed E-state index contributed by atoms with van der Waals surface area (Å²) in [5.41, 5.74) is 0.454. The van der Waals surface area contributed by atoms with Gasteiger partial charge in [-0.25, -0.2) is 4.90 Å². The second-order valence-corrected chi connectivity index (χ2v) is 7.89. The molecule has 0 aliphatic carbocycles. The van der Waals surface area contributed by atoms with Crippen LogP contribution in [0.5, 0.6) is 5.75 Å². The van der Waals surface area contributed by atoms with E-state index in [0.717, 1.165) is 4.90 Å². The number of rotatable bonds is 5. The van der Waals surface area contributed by atoms with Gasteiger partial charge >= 0.3 is 0 Å². The summed E-state index contributed by atoms with van der Waals surface area (Å²) in [5, 5.41) is 16.8. The molecule has 10 heteroatoms. The Morgan fingerprint density at radius 2 is 1.70 bits per heavy atom. The number of anilines is 1. The van der Waals surface area contributed by atoms with E-state index in [1.54, 1.807) is 36.4 Å². The number of carbonyl (C=O) groups is 3. The number of hydrogen-bond donors (Lipinski definition) is 0. The van der Waals surface area contributed by atoms with Gasteiger partial charge in [0.05, 0.1) is 35.6 Å². The number of hydrogen-bond acceptors (Lipinski definition) is 8. The number of amides is 2. The van der Waals surface area contributed by atoms with Crippen LogP contribution in [-0.2, 0) is 9.59 Å². The Kier molecular flexibility index (Phi) is 4.77. The van der Waals surface area contributed by atoms with Crippen molar-refractivity contribution in [3.05, 3.63) is 76.4 Å². The molecule has 2 aromatic rings. The van der Waals surface area contributed by atoms with Crippen molar-refractivity contribution in [2.24, 2.45) is 16.9 Å². The lowest BCUT2D eigenvalue weighted by atomic mass is 9.86. The summed E-state index contributed by atoms with van der Waals surface area (Å²) in [5.74, 6) is -2.46. The van der Waals surface area contributed by atoms with Crippen LogP contribution < -0.4 is 9.64 Å². The molecule has 0 aromatic heterocycles. The van der Waals surface area contributed by atoms with E-state index in [1.165, 1.54) is 42.6 Å². The topological polar surface area (TPSA) is 122 Å². The molecule has 166 valence electrons. The van der Waals surface area contributed by atoms with Crippen LogP contribution in [0.25, 0.3) is 0 Å². The van der Waals surface area contributed by atoms with Crippen LogP contribution in [0.4, 0.5) is 11.4 Å². The number of fused-ring (bicyclic) bond motifs is 3.